The summed E-state index contributed by atoms with van der Waals surface area (Å²) >= 11 is 0. The van der Waals surface area contributed by atoms with Gasteiger partial charge < -0.3 is 5.32 Å². The summed E-state index contributed by atoms with van der Waals surface area (Å²) < 4.78 is 0. The van der Waals surface area contributed by atoms with E-state index in [1.165, 1.54) is 0 Å². The number of rotatable bonds is 2. The Morgan fingerprint density at radius 3 is 2.17 bits per heavy atom. The maximum atomic E-state index is 10.9. The van der Waals surface area contributed by atoms with E-state index in [1.807, 2.05) is 20.8 Å². The smallest absolute Gasteiger partial charge is 0.323 e. The first kappa shape index (κ1) is 10.9. The van der Waals surface area contributed by atoms with Gasteiger partial charge in [0.25, 0.3) is 0 Å². The zero-order chi connectivity index (χ0) is 9.78. The van der Waals surface area contributed by atoms with Crippen molar-refractivity contribution < 1.29 is 9.59 Å². The van der Waals surface area contributed by atoms with E-state index >= 15 is 0 Å². The number of carbonyl (C=O) groups is 2. The van der Waals surface area contributed by atoms with E-state index in [0.29, 0.717) is 0 Å². The van der Waals surface area contributed by atoms with Crippen LogP contribution in [0.5, 0.6) is 0 Å². The van der Waals surface area contributed by atoms with Crippen LogP contribution in [0.15, 0.2) is 0 Å². The molecular weight excluding hydrogens is 158 g/mol. The van der Waals surface area contributed by atoms with Crippen LogP contribution in [-0.2, 0) is 9.59 Å². The van der Waals surface area contributed by atoms with Crippen molar-refractivity contribution in [2.75, 3.05) is 0 Å². The number of carbonyl (C=O) groups excluding carboxylic acids is 2. The molecule has 70 valence electrons. The Morgan fingerprint density at radius 2 is 1.83 bits per heavy atom. The van der Waals surface area contributed by atoms with Gasteiger partial charge in [-0.2, -0.15) is 0 Å². The quantitative estimate of drug-likeness (QED) is 0.223. The molecule has 0 fully saturated rings. The average Bonchev–Trinajstić information content (AvgIpc) is 2.02. The lowest BCUT2D eigenvalue weighted by atomic mass is 10.0. The lowest BCUT2D eigenvalue weighted by Crippen LogP contribution is -2.50. The first-order chi connectivity index (χ1) is 5.43. The average molecular weight is 173 g/mol. The zero-order valence-electron chi connectivity index (χ0n) is 7.60. The van der Waals surface area contributed by atoms with Crippen molar-refractivity contribution in [3.8, 4) is 0 Å². The number of nitrogens with one attached hydrogen (secondary N) is 2. The molecule has 0 spiro atoms. The molecule has 0 rings (SSSR count). The molecule has 0 radical (unpaired) electrons. The molecule has 0 aliphatic carbocycles. The molecule has 12 heavy (non-hydrogen) atoms. The Hall–Kier alpha value is -1.10. The molecule has 0 aliphatic rings. The van der Waals surface area contributed by atoms with Crippen LogP contribution >= 0.6 is 0 Å². The lowest BCUT2D eigenvalue weighted by Gasteiger charge is -2.23. The molecule has 0 aromatic heterocycles. The van der Waals surface area contributed by atoms with Gasteiger partial charge in [0.2, 0.25) is 0 Å². The van der Waals surface area contributed by atoms with Crippen molar-refractivity contribution in [1.29, 1.82) is 0 Å². The molecule has 0 saturated carbocycles. The predicted molar refractivity (Wildman–Crippen MR) is 44.8 cm³/mol. The highest BCUT2D eigenvalue weighted by molar-refractivity contribution is 6.35. The number of hydrogen-bond donors (Lipinski definition) is 3. The molecule has 2 amide bonds. The zero-order valence-corrected chi connectivity index (χ0v) is 7.60. The fourth-order valence-electron chi connectivity index (χ4n) is 0.518. The Kier molecular flexibility index (Phi) is 3.69. The monoisotopic (exact) mass is 173 g/mol. The summed E-state index contributed by atoms with van der Waals surface area (Å²) in [7, 11) is 0. The van der Waals surface area contributed by atoms with Crippen LogP contribution in [0, 0.1) is 0 Å². The van der Waals surface area contributed by atoms with Gasteiger partial charge in [-0.3, -0.25) is 15.0 Å². The van der Waals surface area contributed by atoms with E-state index in [2.05, 4.69) is 5.32 Å². The highest BCUT2D eigenvalue weighted by atomic mass is 16.2. The van der Waals surface area contributed by atoms with Crippen molar-refractivity contribution in [3.63, 3.8) is 0 Å². The number of nitrogens with two attached hydrogens (primary N) is 1. The Labute approximate surface area is 71.7 Å². The maximum absolute atomic E-state index is 10.9. The molecule has 5 heteroatoms. The summed E-state index contributed by atoms with van der Waals surface area (Å²) in [5.41, 5.74) is 1.39. The van der Waals surface area contributed by atoms with Gasteiger partial charge in [-0.15, -0.1) is 0 Å². The van der Waals surface area contributed by atoms with E-state index in [1.54, 1.807) is 5.43 Å². The molecule has 5 nitrogen and oxygen atoms in total. The molecule has 0 bridgehead atoms. The molecule has 0 unspecified atom stereocenters. The van der Waals surface area contributed by atoms with Crippen molar-refractivity contribution in [3.05, 3.63) is 0 Å². The van der Waals surface area contributed by atoms with Crippen LogP contribution in [0.2, 0.25) is 0 Å². The SMILES string of the molecule is CCC(C)(C)NC(=O)C(=O)NN. The third-order valence-electron chi connectivity index (χ3n) is 1.67. The fraction of sp³-hybridized carbons (Fsp3) is 0.714. The normalized spacial score (nSPS) is 10.7. The standard InChI is InChI=1S/C7H15N3O2/c1-4-7(2,3)9-5(11)6(12)10-8/h4,8H2,1-3H3,(H,9,11)(H,10,12). The molecule has 0 aromatic carbocycles. The van der Waals surface area contributed by atoms with Crippen molar-refractivity contribution in [2.45, 2.75) is 32.7 Å². The third kappa shape index (κ3) is 3.34. The summed E-state index contributed by atoms with van der Waals surface area (Å²) in [6, 6.07) is 0. The van der Waals surface area contributed by atoms with Gasteiger partial charge in [-0.25, -0.2) is 5.84 Å². The molecule has 0 aliphatic heterocycles. The van der Waals surface area contributed by atoms with E-state index in [0.717, 1.165) is 6.42 Å². The van der Waals surface area contributed by atoms with Crippen molar-refractivity contribution in [2.24, 2.45) is 5.84 Å². The first-order valence-corrected chi connectivity index (χ1v) is 3.76. The van der Waals surface area contributed by atoms with Crippen molar-refractivity contribution >= 4 is 11.8 Å². The largest absolute Gasteiger partial charge is 0.343 e. The van der Waals surface area contributed by atoms with Crippen LogP contribution < -0.4 is 16.6 Å². The molecule has 0 heterocycles. The van der Waals surface area contributed by atoms with Crippen LogP contribution in [0.1, 0.15) is 27.2 Å². The van der Waals surface area contributed by atoms with E-state index < -0.39 is 11.8 Å². The highest BCUT2D eigenvalue weighted by Gasteiger charge is 2.21. The number of amides is 2. The van der Waals surface area contributed by atoms with Gasteiger partial charge in [0.05, 0.1) is 0 Å². The topological polar surface area (TPSA) is 84.2 Å². The lowest BCUT2D eigenvalue weighted by molar-refractivity contribution is -0.140. The minimum atomic E-state index is -0.823. The maximum Gasteiger partial charge on any atom is 0.323 e. The van der Waals surface area contributed by atoms with Gasteiger partial charge in [-0.1, -0.05) is 6.92 Å². The summed E-state index contributed by atoms with van der Waals surface area (Å²) in [6.07, 6.45) is 0.747. The van der Waals surface area contributed by atoms with Gasteiger partial charge in [-0.05, 0) is 20.3 Å². The Balaban J connectivity index is 4.09. The number of hydrogen-bond acceptors (Lipinski definition) is 3. The Morgan fingerprint density at radius 1 is 1.33 bits per heavy atom. The van der Waals surface area contributed by atoms with Gasteiger partial charge in [0.1, 0.15) is 0 Å². The third-order valence-corrected chi connectivity index (χ3v) is 1.67. The van der Waals surface area contributed by atoms with E-state index in [4.69, 9.17) is 5.84 Å². The second kappa shape index (κ2) is 4.06. The van der Waals surface area contributed by atoms with Crippen molar-refractivity contribution in [1.82, 2.24) is 10.7 Å². The van der Waals surface area contributed by atoms with Gasteiger partial charge in [0, 0.05) is 5.54 Å². The first-order valence-electron chi connectivity index (χ1n) is 3.76. The van der Waals surface area contributed by atoms with E-state index in [-0.39, 0.29) is 5.54 Å². The second-order valence-corrected chi connectivity index (χ2v) is 3.17. The summed E-state index contributed by atoms with van der Waals surface area (Å²) in [5.74, 6) is 3.25. The Bertz CT molecular complexity index is 189. The van der Waals surface area contributed by atoms with Crippen LogP contribution in [0.3, 0.4) is 0 Å². The number of hydrazine groups is 1. The minimum absolute atomic E-state index is 0.371. The van der Waals surface area contributed by atoms with Crippen LogP contribution in [-0.4, -0.2) is 17.4 Å². The second-order valence-electron chi connectivity index (χ2n) is 3.17. The molecule has 0 aromatic rings. The van der Waals surface area contributed by atoms with Gasteiger partial charge in [0.15, 0.2) is 0 Å². The summed E-state index contributed by atoms with van der Waals surface area (Å²) in [5, 5.41) is 2.53. The highest BCUT2D eigenvalue weighted by Crippen LogP contribution is 2.05. The fourth-order valence-corrected chi connectivity index (χ4v) is 0.518. The molecule has 4 N–H and O–H groups in total. The summed E-state index contributed by atoms with van der Waals surface area (Å²) in [4.78, 5) is 21.6. The van der Waals surface area contributed by atoms with Crippen LogP contribution in [0.4, 0.5) is 0 Å². The summed E-state index contributed by atoms with van der Waals surface area (Å²) in [6.45, 7) is 5.57. The van der Waals surface area contributed by atoms with E-state index in [9.17, 15) is 9.59 Å². The molecule has 0 atom stereocenters. The van der Waals surface area contributed by atoms with Gasteiger partial charge >= 0.3 is 11.8 Å². The van der Waals surface area contributed by atoms with Crippen LogP contribution in [0.25, 0.3) is 0 Å². The minimum Gasteiger partial charge on any atom is -0.343 e. The molecule has 0 saturated heterocycles. The molecular formula is C7H15N3O2. The predicted octanol–water partition coefficient (Wildman–Crippen LogP) is -0.719.